The van der Waals surface area contributed by atoms with Crippen molar-refractivity contribution in [2.45, 2.75) is 20.0 Å². The van der Waals surface area contributed by atoms with Crippen LogP contribution < -0.4 is 9.64 Å². The number of rotatable bonds is 5. The molecule has 154 valence electrons. The number of hydrogen-bond acceptors (Lipinski definition) is 3. The maximum Gasteiger partial charge on any atom is 0.120 e. The normalized spacial score (nSPS) is 15.2. The highest BCUT2D eigenvalue weighted by Gasteiger charge is 2.18. The van der Waals surface area contributed by atoms with Crippen molar-refractivity contribution in [2.24, 2.45) is 0 Å². The Hall–Kier alpha value is -2.98. The van der Waals surface area contributed by atoms with Crippen LogP contribution in [0.5, 0.6) is 5.75 Å². The van der Waals surface area contributed by atoms with Gasteiger partial charge in [0.2, 0.25) is 0 Å². The molecule has 0 bridgehead atoms. The van der Waals surface area contributed by atoms with E-state index in [-0.39, 0.29) is 0 Å². The average Bonchev–Trinajstić information content (AvgIpc) is 3.12. The van der Waals surface area contributed by atoms with Crippen LogP contribution in [0.1, 0.15) is 12.5 Å². The summed E-state index contributed by atoms with van der Waals surface area (Å²) in [5.41, 5.74) is 5.32. The number of aromatic nitrogens is 1. The van der Waals surface area contributed by atoms with Crippen molar-refractivity contribution in [2.75, 3.05) is 38.2 Å². The summed E-state index contributed by atoms with van der Waals surface area (Å²) in [5.74, 6) is 0.925. The van der Waals surface area contributed by atoms with E-state index in [2.05, 4.69) is 82.0 Å². The molecular formula is C26H29N3O. The van der Waals surface area contributed by atoms with Gasteiger partial charge in [0.1, 0.15) is 5.75 Å². The number of para-hydroxylation sites is 1. The van der Waals surface area contributed by atoms with Crippen molar-refractivity contribution in [3.8, 4) is 5.75 Å². The monoisotopic (exact) mass is 399 g/mol. The van der Waals surface area contributed by atoms with Crippen LogP contribution >= 0.6 is 0 Å². The van der Waals surface area contributed by atoms with Crippen LogP contribution in [0.3, 0.4) is 0 Å². The number of hydrogen-bond donors (Lipinski definition) is 0. The van der Waals surface area contributed by atoms with Gasteiger partial charge >= 0.3 is 0 Å². The quantitative estimate of drug-likeness (QED) is 0.463. The number of methoxy groups -OCH3 is 1. The van der Waals surface area contributed by atoms with Crippen molar-refractivity contribution in [1.29, 1.82) is 0 Å². The highest BCUT2D eigenvalue weighted by molar-refractivity contribution is 6.08. The molecule has 0 saturated carbocycles. The predicted octanol–water partition coefficient (Wildman–Crippen LogP) is 5.15. The molecule has 0 radical (unpaired) electrons. The van der Waals surface area contributed by atoms with Gasteiger partial charge in [-0.15, -0.1) is 0 Å². The molecule has 0 amide bonds. The maximum atomic E-state index is 5.38. The minimum absolute atomic E-state index is 0.925. The van der Waals surface area contributed by atoms with Gasteiger partial charge in [0.05, 0.1) is 7.11 Å². The summed E-state index contributed by atoms with van der Waals surface area (Å²) in [5, 5.41) is 2.74. The SMILES string of the molecule is CCn1c2ccccc2c2cc(CN3CCN(c4cccc(OC)c4)CC3)ccc21. The van der Waals surface area contributed by atoms with E-state index in [1.54, 1.807) is 7.11 Å². The molecule has 4 heteroatoms. The molecule has 30 heavy (non-hydrogen) atoms. The summed E-state index contributed by atoms with van der Waals surface area (Å²) in [6.07, 6.45) is 0. The van der Waals surface area contributed by atoms with E-state index in [1.165, 1.54) is 33.1 Å². The number of aryl methyl sites for hydroxylation is 1. The first-order valence-corrected chi connectivity index (χ1v) is 10.9. The zero-order valence-corrected chi connectivity index (χ0v) is 17.8. The third-order valence-corrected chi connectivity index (χ3v) is 6.35. The molecule has 2 heterocycles. The molecule has 3 aromatic carbocycles. The molecule has 0 aliphatic carbocycles. The van der Waals surface area contributed by atoms with Crippen molar-refractivity contribution in [3.05, 3.63) is 72.3 Å². The minimum Gasteiger partial charge on any atom is -0.497 e. The van der Waals surface area contributed by atoms with Gasteiger partial charge in [-0.1, -0.05) is 30.3 Å². The molecule has 0 N–H and O–H groups in total. The summed E-state index contributed by atoms with van der Waals surface area (Å²) in [6, 6.07) is 24.2. The molecule has 0 atom stereocenters. The molecule has 1 saturated heterocycles. The van der Waals surface area contributed by atoms with Gasteiger partial charge in [0, 0.05) is 72.8 Å². The summed E-state index contributed by atoms with van der Waals surface area (Å²) < 4.78 is 7.80. The maximum absolute atomic E-state index is 5.38. The topological polar surface area (TPSA) is 20.6 Å². The fourth-order valence-corrected chi connectivity index (χ4v) is 4.77. The number of benzene rings is 3. The Kier molecular flexibility index (Phi) is 5.09. The largest absolute Gasteiger partial charge is 0.497 e. The van der Waals surface area contributed by atoms with Crippen molar-refractivity contribution in [1.82, 2.24) is 9.47 Å². The lowest BCUT2D eigenvalue weighted by Crippen LogP contribution is -2.45. The lowest BCUT2D eigenvalue weighted by molar-refractivity contribution is 0.250. The molecule has 0 spiro atoms. The smallest absolute Gasteiger partial charge is 0.120 e. The minimum atomic E-state index is 0.925. The summed E-state index contributed by atoms with van der Waals surface area (Å²) in [7, 11) is 1.73. The van der Waals surface area contributed by atoms with E-state index in [9.17, 15) is 0 Å². The molecule has 4 aromatic rings. The van der Waals surface area contributed by atoms with Gasteiger partial charge < -0.3 is 14.2 Å². The van der Waals surface area contributed by atoms with Gasteiger partial charge in [-0.3, -0.25) is 4.90 Å². The summed E-state index contributed by atoms with van der Waals surface area (Å²) in [4.78, 5) is 5.02. The summed E-state index contributed by atoms with van der Waals surface area (Å²) >= 11 is 0. The van der Waals surface area contributed by atoms with E-state index in [4.69, 9.17) is 4.74 Å². The van der Waals surface area contributed by atoms with Crippen LogP contribution in [0.4, 0.5) is 5.69 Å². The number of piperazine rings is 1. The van der Waals surface area contributed by atoms with Gasteiger partial charge in [-0.25, -0.2) is 0 Å². The summed E-state index contributed by atoms with van der Waals surface area (Å²) in [6.45, 7) is 8.47. The standard InChI is InChI=1S/C26H29N3O/c1-3-29-25-10-5-4-9-23(25)24-17-20(11-12-26(24)29)19-27-13-15-28(16-14-27)21-7-6-8-22(18-21)30-2/h4-12,17-18H,3,13-16,19H2,1-2H3. The van der Waals surface area contributed by atoms with E-state index in [0.29, 0.717) is 0 Å². The molecule has 1 aromatic heterocycles. The van der Waals surface area contributed by atoms with Gasteiger partial charge in [0.25, 0.3) is 0 Å². The zero-order chi connectivity index (χ0) is 20.5. The number of anilines is 1. The van der Waals surface area contributed by atoms with Gasteiger partial charge in [0.15, 0.2) is 0 Å². The molecular weight excluding hydrogens is 370 g/mol. The lowest BCUT2D eigenvalue weighted by Gasteiger charge is -2.36. The Morgan fingerprint density at radius 2 is 1.60 bits per heavy atom. The molecule has 4 nitrogen and oxygen atoms in total. The second kappa shape index (κ2) is 8.04. The first-order valence-electron chi connectivity index (χ1n) is 10.9. The Labute approximate surface area is 178 Å². The van der Waals surface area contributed by atoms with Crippen LogP contribution in [0, 0.1) is 0 Å². The first-order chi connectivity index (χ1) is 14.8. The zero-order valence-electron chi connectivity index (χ0n) is 17.8. The highest BCUT2D eigenvalue weighted by Crippen LogP contribution is 2.30. The third kappa shape index (κ3) is 3.41. The van der Waals surface area contributed by atoms with E-state index in [0.717, 1.165) is 45.0 Å². The molecule has 0 unspecified atom stereocenters. The van der Waals surface area contributed by atoms with Gasteiger partial charge in [-0.2, -0.15) is 0 Å². The second-order valence-corrected chi connectivity index (χ2v) is 8.08. The van der Waals surface area contributed by atoms with Gasteiger partial charge in [-0.05, 0) is 42.8 Å². The second-order valence-electron chi connectivity index (χ2n) is 8.08. The van der Waals surface area contributed by atoms with Crippen LogP contribution in [0.2, 0.25) is 0 Å². The van der Waals surface area contributed by atoms with Crippen LogP contribution in [-0.4, -0.2) is 42.8 Å². The highest BCUT2D eigenvalue weighted by atomic mass is 16.5. The van der Waals surface area contributed by atoms with Crippen LogP contribution in [0.15, 0.2) is 66.7 Å². The van der Waals surface area contributed by atoms with Crippen LogP contribution in [-0.2, 0) is 13.1 Å². The molecule has 1 aliphatic heterocycles. The number of fused-ring (bicyclic) bond motifs is 3. The van der Waals surface area contributed by atoms with E-state index in [1.807, 2.05) is 6.07 Å². The average molecular weight is 400 g/mol. The van der Waals surface area contributed by atoms with E-state index >= 15 is 0 Å². The number of nitrogens with zero attached hydrogens (tertiary/aromatic N) is 3. The molecule has 1 aliphatic rings. The predicted molar refractivity (Wildman–Crippen MR) is 126 cm³/mol. The number of ether oxygens (including phenoxy) is 1. The lowest BCUT2D eigenvalue weighted by atomic mass is 10.1. The van der Waals surface area contributed by atoms with E-state index < -0.39 is 0 Å². The Bertz CT molecular complexity index is 1170. The molecule has 1 fully saturated rings. The fraction of sp³-hybridized carbons (Fsp3) is 0.308. The Balaban J connectivity index is 1.32. The molecule has 5 rings (SSSR count). The van der Waals surface area contributed by atoms with Crippen LogP contribution in [0.25, 0.3) is 21.8 Å². The fourth-order valence-electron chi connectivity index (χ4n) is 4.77. The third-order valence-electron chi connectivity index (χ3n) is 6.35. The van der Waals surface area contributed by atoms with Crippen molar-refractivity contribution in [3.63, 3.8) is 0 Å². The Morgan fingerprint density at radius 1 is 0.800 bits per heavy atom. The van der Waals surface area contributed by atoms with Crippen molar-refractivity contribution < 1.29 is 4.74 Å². The Morgan fingerprint density at radius 3 is 2.40 bits per heavy atom. The van der Waals surface area contributed by atoms with Crippen molar-refractivity contribution >= 4 is 27.5 Å². The first kappa shape index (κ1) is 19.0.